The zero-order valence-electron chi connectivity index (χ0n) is 15.8. The number of hydrogen-bond acceptors (Lipinski definition) is 5. The van der Waals surface area contributed by atoms with Crippen molar-refractivity contribution in [1.29, 1.82) is 0 Å². The van der Waals surface area contributed by atoms with Gasteiger partial charge in [-0.3, -0.25) is 14.2 Å². The number of aliphatic carboxylic acids is 1. The topological polar surface area (TPSA) is 154 Å². The molecule has 1 unspecified atom stereocenters. The second-order valence-electron chi connectivity index (χ2n) is 6.52. The Balaban J connectivity index is 2.54. The van der Waals surface area contributed by atoms with Crippen LogP contribution in [0.2, 0.25) is 0 Å². The van der Waals surface area contributed by atoms with Crippen LogP contribution in [-0.4, -0.2) is 46.8 Å². The van der Waals surface area contributed by atoms with Gasteiger partial charge in [-0.2, -0.15) is 0 Å². The highest BCUT2D eigenvalue weighted by molar-refractivity contribution is 7.55. The average Bonchev–Trinajstić information content (AvgIpc) is 2.62. The van der Waals surface area contributed by atoms with Crippen LogP contribution in [0.3, 0.4) is 0 Å². The Morgan fingerprint density at radius 2 is 1.79 bits per heavy atom. The van der Waals surface area contributed by atoms with Gasteiger partial charge in [0.1, 0.15) is 19.4 Å². The van der Waals surface area contributed by atoms with E-state index in [0.717, 1.165) is 5.56 Å². The summed E-state index contributed by atoms with van der Waals surface area (Å²) in [6.07, 6.45) is -1.33. The number of carbonyl (C=O) groups is 3. The van der Waals surface area contributed by atoms with Gasteiger partial charge in [0.25, 0.3) is 7.52 Å². The van der Waals surface area contributed by atoms with E-state index in [4.69, 9.17) is 9.84 Å². The van der Waals surface area contributed by atoms with Gasteiger partial charge in [0.05, 0.1) is 6.04 Å². The quantitative estimate of drug-likeness (QED) is 0.339. The van der Waals surface area contributed by atoms with Crippen LogP contribution in [0.25, 0.3) is 0 Å². The van der Waals surface area contributed by atoms with E-state index >= 15 is 0 Å². The lowest BCUT2D eigenvalue weighted by Crippen LogP contribution is -2.46. The van der Waals surface area contributed by atoms with Crippen molar-refractivity contribution in [3.8, 4) is 0 Å². The molecular formula is C17H26N3O7P. The Bertz CT molecular complexity index is 712. The molecule has 0 saturated carbocycles. The van der Waals surface area contributed by atoms with Gasteiger partial charge in [-0.1, -0.05) is 44.2 Å². The zero-order chi connectivity index (χ0) is 21.2. The number of alkyl carbamates (subject to hydrolysis) is 1. The summed E-state index contributed by atoms with van der Waals surface area (Å²) < 4.78 is 17.3. The van der Waals surface area contributed by atoms with E-state index in [1.54, 1.807) is 38.1 Å². The maximum Gasteiger partial charge on any atom is 0.407 e. The number of carboxylic acid groups (broad SMARTS) is 1. The van der Waals surface area contributed by atoms with Crippen molar-refractivity contribution in [3.63, 3.8) is 0 Å². The highest BCUT2D eigenvalue weighted by atomic mass is 31.2. The molecule has 11 heteroatoms. The molecule has 0 aliphatic carbocycles. The Morgan fingerprint density at radius 1 is 1.14 bits per heavy atom. The number of carboxylic acids is 1. The molecule has 1 rings (SSSR count). The molecule has 1 aromatic carbocycles. The van der Waals surface area contributed by atoms with Gasteiger partial charge >= 0.3 is 12.1 Å². The minimum atomic E-state index is -4.13. The third kappa shape index (κ3) is 10.1. The van der Waals surface area contributed by atoms with Gasteiger partial charge in [0.15, 0.2) is 0 Å². The standard InChI is InChI=1S/C17H26N3O7P/c1-12(2)8-14(16(23)18-9-15(21)22)20-28(25,26)11-19-17(24)27-10-13-6-4-3-5-7-13/h3-7,12,14H,8-11H2,1-2H3,(H,18,23)(H,19,24)(H,21,22)(H2,20,25,26)/t14-/m0/s1. The minimum absolute atomic E-state index is 0.00289. The lowest BCUT2D eigenvalue weighted by molar-refractivity contribution is -0.138. The Kier molecular flexibility index (Phi) is 9.64. The summed E-state index contributed by atoms with van der Waals surface area (Å²) >= 11 is 0. The first-order valence-electron chi connectivity index (χ1n) is 8.62. The third-order valence-corrected chi connectivity index (χ3v) is 4.75. The molecule has 0 heterocycles. The molecule has 10 nitrogen and oxygen atoms in total. The van der Waals surface area contributed by atoms with Gasteiger partial charge in [0, 0.05) is 0 Å². The number of rotatable bonds is 11. The van der Waals surface area contributed by atoms with Crippen LogP contribution in [0.4, 0.5) is 4.79 Å². The van der Waals surface area contributed by atoms with E-state index in [1.165, 1.54) is 0 Å². The van der Waals surface area contributed by atoms with E-state index in [2.05, 4.69) is 15.7 Å². The van der Waals surface area contributed by atoms with Crippen LogP contribution in [-0.2, 0) is 25.5 Å². The highest BCUT2D eigenvalue weighted by Gasteiger charge is 2.29. The summed E-state index contributed by atoms with van der Waals surface area (Å²) in [4.78, 5) is 44.4. The molecule has 0 saturated heterocycles. The van der Waals surface area contributed by atoms with Crippen molar-refractivity contribution in [2.75, 3.05) is 12.8 Å². The Labute approximate surface area is 163 Å². The number of nitrogens with one attached hydrogen (secondary N) is 3. The van der Waals surface area contributed by atoms with Crippen molar-refractivity contribution in [1.82, 2.24) is 15.7 Å². The number of carbonyl (C=O) groups excluding carboxylic acids is 2. The van der Waals surface area contributed by atoms with Gasteiger partial charge in [-0.05, 0) is 17.9 Å². The first-order valence-corrected chi connectivity index (χ1v) is 10.5. The lowest BCUT2D eigenvalue weighted by Gasteiger charge is -2.23. The summed E-state index contributed by atoms with van der Waals surface area (Å²) in [5.41, 5.74) is 0.759. The molecule has 5 N–H and O–H groups in total. The zero-order valence-corrected chi connectivity index (χ0v) is 16.6. The van der Waals surface area contributed by atoms with Gasteiger partial charge < -0.3 is 25.4 Å². The molecular weight excluding hydrogens is 389 g/mol. The van der Waals surface area contributed by atoms with E-state index in [0.29, 0.717) is 0 Å². The molecule has 0 fully saturated rings. The summed E-state index contributed by atoms with van der Waals surface area (Å²) in [5, 5.41) is 15.3. The van der Waals surface area contributed by atoms with Crippen molar-refractivity contribution in [2.45, 2.75) is 32.9 Å². The fraction of sp³-hybridized carbons (Fsp3) is 0.471. The lowest BCUT2D eigenvalue weighted by atomic mass is 10.0. The summed E-state index contributed by atoms with van der Waals surface area (Å²) in [5.74, 6) is -1.94. The van der Waals surface area contributed by atoms with Gasteiger partial charge in [-0.15, -0.1) is 0 Å². The maximum atomic E-state index is 12.3. The fourth-order valence-corrected chi connectivity index (χ4v) is 3.36. The molecule has 0 aromatic heterocycles. The number of ether oxygens (including phenoxy) is 1. The van der Waals surface area contributed by atoms with Crippen molar-refractivity contribution in [2.24, 2.45) is 5.92 Å². The molecule has 0 bridgehead atoms. The molecule has 0 aliphatic rings. The van der Waals surface area contributed by atoms with Crippen molar-refractivity contribution in [3.05, 3.63) is 35.9 Å². The molecule has 28 heavy (non-hydrogen) atoms. The van der Waals surface area contributed by atoms with Crippen LogP contribution in [0.5, 0.6) is 0 Å². The largest absolute Gasteiger partial charge is 0.480 e. The molecule has 2 atom stereocenters. The molecule has 156 valence electrons. The first-order chi connectivity index (χ1) is 13.1. The second-order valence-corrected chi connectivity index (χ2v) is 8.50. The smallest absolute Gasteiger partial charge is 0.407 e. The summed E-state index contributed by atoms with van der Waals surface area (Å²) in [7, 11) is -4.13. The van der Waals surface area contributed by atoms with Gasteiger partial charge in [-0.25, -0.2) is 9.88 Å². The van der Waals surface area contributed by atoms with E-state index < -0.39 is 44.4 Å². The van der Waals surface area contributed by atoms with Crippen LogP contribution in [0.15, 0.2) is 30.3 Å². The van der Waals surface area contributed by atoms with Crippen LogP contribution in [0.1, 0.15) is 25.8 Å². The summed E-state index contributed by atoms with van der Waals surface area (Å²) in [6, 6.07) is 7.82. The second kappa shape index (κ2) is 11.4. The fourth-order valence-electron chi connectivity index (χ4n) is 2.21. The van der Waals surface area contributed by atoms with Crippen molar-refractivity contribution >= 4 is 25.5 Å². The van der Waals surface area contributed by atoms with E-state index in [9.17, 15) is 23.8 Å². The maximum absolute atomic E-state index is 12.3. The SMILES string of the molecule is CC(C)C[C@H](NP(=O)(O)CNC(=O)OCc1ccccc1)C(=O)NCC(=O)O. The Morgan fingerprint density at radius 3 is 2.36 bits per heavy atom. The number of hydrogen-bond donors (Lipinski definition) is 5. The van der Waals surface area contributed by atoms with Crippen LogP contribution >= 0.6 is 7.52 Å². The van der Waals surface area contributed by atoms with Crippen LogP contribution < -0.4 is 15.7 Å². The van der Waals surface area contributed by atoms with Gasteiger partial charge in [0.2, 0.25) is 5.91 Å². The summed E-state index contributed by atoms with van der Waals surface area (Å²) in [6.45, 7) is 3.01. The predicted molar refractivity (Wildman–Crippen MR) is 101 cm³/mol. The monoisotopic (exact) mass is 415 g/mol. The number of amides is 2. The Hall–Kier alpha value is -2.42. The molecule has 0 spiro atoms. The highest BCUT2D eigenvalue weighted by Crippen LogP contribution is 2.35. The van der Waals surface area contributed by atoms with Crippen molar-refractivity contribution < 1.29 is 33.7 Å². The minimum Gasteiger partial charge on any atom is -0.480 e. The normalized spacial score (nSPS) is 14.0. The molecule has 1 aromatic rings. The first kappa shape index (κ1) is 23.6. The van der Waals surface area contributed by atoms with Crippen LogP contribution in [0, 0.1) is 5.92 Å². The van der Waals surface area contributed by atoms with E-state index in [-0.39, 0.29) is 18.9 Å². The average molecular weight is 415 g/mol. The predicted octanol–water partition coefficient (Wildman–Crippen LogP) is 1.26. The number of benzene rings is 1. The molecule has 0 aliphatic heterocycles. The molecule has 0 radical (unpaired) electrons. The third-order valence-electron chi connectivity index (χ3n) is 3.45. The molecule has 2 amide bonds. The van der Waals surface area contributed by atoms with E-state index in [1.807, 2.05) is 6.07 Å².